The third kappa shape index (κ3) is 3.22. The Morgan fingerprint density at radius 2 is 2.11 bits per heavy atom. The maximum atomic E-state index is 13.9. The molecule has 1 aromatic carbocycles. The van der Waals surface area contributed by atoms with Crippen LogP contribution in [0.1, 0.15) is 19.3 Å². The number of rotatable bonds is 4. The molecule has 2 rings (SSSR count). The average molecular weight is 315 g/mol. The number of halogens is 2. The van der Waals surface area contributed by atoms with Crippen molar-refractivity contribution in [2.45, 2.75) is 19.3 Å². The predicted octanol–water partition coefficient (Wildman–Crippen LogP) is 3.15. The normalized spacial score (nSPS) is 14.9. The van der Waals surface area contributed by atoms with Crippen LogP contribution in [0.15, 0.2) is 18.2 Å². The Balaban J connectivity index is 2.07. The first-order valence-corrected chi connectivity index (χ1v) is 7.23. The van der Waals surface area contributed by atoms with Crippen LogP contribution in [0.3, 0.4) is 0 Å². The van der Waals surface area contributed by atoms with E-state index < -0.39 is 0 Å². The highest BCUT2D eigenvalue weighted by atomic mass is 79.9. The van der Waals surface area contributed by atoms with Crippen molar-refractivity contribution in [2.75, 3.05) is 28.6 Å². The third-order valence-electron chi connectivity index (χ3n) is 3.00. The molecule has 1 fully saturated rings. The summed E-state index contributed by atoms with van der Waals surface area (Å²) >= 11 is 3.19. The van der Waals surface area contributed by atoms with Gasteiger partial charge in [0.05, 0.1) is 5.69 Å². The summed E-state index contributed by atoms with van der Waals surface area (Å²) in [6.45, 7) is 1.82. The summed E-state index contributed by atoms with van der Waals surface area (Å²) in [5.74, 6) is -0.381. The lowest BCUT2D eigenvalue weighted by molar-refractivity contribution is -0.115. The van der Waals surface area contributed by atoms with Gasteiger partial charge in [-0.3, -0.25) is 4.79 Å². The van der Waals surface area contributed by atoms with E-state index in [9.17, 15) is 9.18 Å². The van der Waals surface area contributed by atoms with Gasteiger partial charge in [-0.15, -0.1) is 0 Å². The molecule has 0 unspecified atom stereocenters. The molecule has 1 aliphatic heterocycles. The monoisotopic (exact) mass is 314 g/mol. The van der Waals surface area contributed by atoms with E-state index in [1.165, 1.54) is 6.07 Å². The van der Waals surface area contributed by atoms with E-state index in [1.807, 2.05) is 4.90 Å². The summed E-state index contributed by atoms with van der Waals surface area (Å²) in [4.78, 5) is 13.4. The van der Waals surface area contributed by atoms with Gasteiger partial charge in [-0.25, -0.2) is 4.39 Å². The second-order valence-corrected chi connectivity index (χ2v) is 5.14. The van der Waals surface area contributed by atoms with Crippen molar-refractivity contribution >= 4 is 33.2 Å². The minimum Gasteiger partial charge on any atom is -0.369 e. The first kappa shape index (κ1) is 13.3. The van der Waals surface area contributed by atoms with Gasteiger partial charge in [0.25, 0.3) is 0 Å². The maximum absolute atomic E-state index is 13.9. The molecule has 98 valence electrons. The van der Waals surface area contributed by atoms with Crippen molar-refractivity contribution in [1.29, 1.82) is 0 Å². The minimum absolute atomic E-state index is 0.111. The summed E-state index contributed by atoms with van der Waals surface area (Å²) in [6.07, 6.45) is 2.61. The lowest BCUT2D eigenvalue weighted by atomic mass is 10.2. The fraction of sp³-hybridized carbons (Fsp3) is 0.462. The number of nitrogens with one attached hydrogen (secondary N) is 1. The molecule has 3 nitrogen and oxygen atoms in total. The SMILES string of the molecule is O=C(CCBr)Nc1ccc(N2CCCC2)c(F)c1. The maximum Gasteiger partial charge on any atom is 0.225 e. The van der Waals surface area contributed by atoms with Gasteiger partial charge in [0.15, 0.2) is 0 Å². The third-order valence-corrected chi connectivity index (χ3v) is 3.40. The largest absolute Gasteiger partial charge is 0.369 e. The van der Waals surface area contributed by atoms with Crippen LogP contribution < -0.4 is 10.2 Å². The molecule has 1 aliphatic rings. The van der Waals surface area contributed by atoms with Crippen molar-refractivity contribution in [3.05, 3.63) is 24.0 Å². The molecule has 0 aromatic heterocycles. The quantitative estimate of drug-likeness (QED) is 0.866. The van der Waals surface area contributed by atoms with Crippen LogP contribution in [0, 0.1) is 5.82 Å². The minimum atomic E-state index is -0.270. The first-order chi connectivity index (χ1) is 8.70. The van der Waals surface area contributed by atoms with E-state index >= 15 is 0 Å². The van der Waals surface area contributed by atoms with E-state index in [4.69, 9.17) is 0 Å². The van der Waals surface area contributed by atoms with Gasteiger partial charge in [-0.05, 0) is 31.0 Å². The van der Waals surface area contributed by atoms with Gasteiger partial charge >= 0.3 is 0 Å². The van der Waals surface area contributed by atoms with Crippen LogP contribution in [0.5, 0.6) is 0 Å². The van der Waals surface area contributed by atoms with Crippen molar-refractivity contribution in [1.82, 2.24) is 0 Å². The Morgan fingerprint density at radius 3 is 2.72 bits per heavy atom. The molecule has 1 N–H and O–H groups in total. The topological polar surface area (TPSA) is 32.3 Å². The Hall–Kier alpha value is -1.10. The van der Waals surface area contributed by atoms with Gasteiger partial charge in [-0.1, -0.05) is 15.9 Å². The number of amides is 1. The molecule has 0 saturated carbocycles. The van der Waals surface area contributed by atoms with Crippen molar-refractivity contribution in [2.24, 2.45) is 0 Å². The molecule has 5 heteroatoms. The molecule has 0 spiro atoms. The van der Waals surface area contributed by atoms with E-state index in [-0.39, 0.29) is 11.7 Å². The summed E-state index contributed by atoms with van der Waals surface area (Å²) in [6, 6.07) is 4.88. The van der Waals surface area contributed by atoms with Crippen molar-refractivity contribution in [3.63, 3.8) is 0 Å². The summed E-state index contributed by atoms with van der Waals surface area (Å²) in [5, 5.41) is 3.28. The number of hydrogen-bond donors (Lipinski definition) is 1. The molecule has 1 heterocycles. The molecule has 18 heavy (non-hydrogen) atoms. The van der Waals surface area contributed by atoms with Gasteiger partial charge < -0.3 is 10.2 Å². The molecular weight excluding hydrogens is 299 g/mol. The number of anilines is 2. The Bertz CT molecular complexity index is 433. The number of hydrogen-bond acceptors (Lipinski definition) is 2. The Morgan fingerprint density at radius 1 is 1.39 bits per heavy atom. The fourth-order valence-corrected chi connectivity index (χ4v) is 2.47. The molecule has 0 radical (unpaired) electrons. The molecule has 1 saturated heterocycles. The standard InChI is InChI=1S/C13H16BrFN2O/c14-6-5-13(18)16-10-3-4-12(11(15)9-10)17-7-1-2-8-17/h3-4,9H,1-2,5-8H2,(H,16,18). The Labute approximate surface area is 114 Å². The van der Waals surface area contributed by atoms with Gasteiger partial charge in [-0.2, -0.15) is 0 Å². The number of carbonyl (C=O) groups excluding carboxylic acids is 1. The number of nitrogens with zero attached hydrogens (tertiary/aromatic N) is 1. The number of benzene rings is 1. The van der Waals surface area contributed by atoms with E-state index in [0.29, 0.717) is 23.1 Å². The van der Waals surface area contributed by atoms with Gasteiger partial charge in [0.1, 0.15) is 5.82 Å². The zero-order valence-electron chi connectivity index (χ0n) is 10.1. The van der Waals surface area contributed by atoms with Crippen LogP contribution in [0.25, 0.3) is 0 Å². The fourth-order valence-electron chi connectivity index (χ4n) is 2.11. The molecule has 0 atom stereocenters. The lowest BCUT2D eigenvalue weighted by Gasteiger charge is -2.18. The van der Waals surface area contributed by atoms with Crippen molar-refractivity contribution < 1.29 is 9.18 Å². The Kier molecular flexibility index (Phi) is 4.58. The second-order valence-electron chi connectivity index (χ2n) is 4.35. The zero-order chi connectivity index (χ0) is 13.0. The molecule has 1 aromatic rings. The van der Waals surface area contributed by atoms with Gasteiger partial charge in [0.2, 0.25) is 5.91 Å². The van der Waals surface area contributed by atoms with Gasteiger partial charge in [0, 0.05) is 30.5 Å². The zero-order valence-corrected chi connectivity index (χ0v) is 11.7. The summed E-state index contributed by atoms with van der Waals surface area (Å²) < 4.78 is 13.9. The van der Waals surface area contributed by atoms with Crippen molar-refractivity contribution in [3.8, 4) is 0 Å². The highest BCUT2D eigenvalue weighted by molar-refractivity contribution is 9.09. The smallest absolute Gasteiger partial charge is 0.225 e. The number of carbonyl (C=O) groups is 1. The lowest BCUT2D eigenvalue weighted by Crippen LogP contribution is -2.19. The predicted molar refractivity (Wildman–Crippen MR) is 74.9 cm³/mol. The van der Waals surface area contributed by atoms with E-state index in [0.717, 1.165) is 25.9 Å². The molecule has 0 bridgehead atoms. The molecule has 0 aliphatic carbocycles. The van der Waals surface area contributed by atoms with E-state index in [1.54, 1.807) is 12.1 Å². The highest BCUT2D eigenvalue weighted by Crippen LogP contribution is 2.26. The van der Waals surface area contributed by atoms with E-state index in [2.05, 4.69) is 21.2 Å². The average Bonchev–Trinajstić information content (AvgIpc) is 2.82. The van der Waals surface area contributed by atoms with Crippen LogP contribution in [-0.2, 0) is 4.79 Å². The second kappa shape index (κ2) is 6.18. The molecule has 1 amide bonds. The summed E-state index contributed by atoms with van der Waals surface area (Å²) in [7, 11) is 0. The van der Waals surface area contributed by atoms with Crippen LogP contribution in [0.2, 0.25) is 0 Å². The van der Waals surface area contributed by atoms with Crippen LogP contribution >= 0.6 is 15.9 Å². The first-order valence-electron chi connectivity index (χ1n) is 6.11. The summed E-state index contributed by atoms with van der Waals surface area (Å²) in [5.41, 5.74) is 1.15. The van der Waals surface area contributed by atoms with Crippen LogP contribution in [-0.4, -0.2) is 24.3 Å². The highest BCUT2D eigenvalue weighted by Gasteiger charge is 2.16. The number of alkyl halides is 1. The van der Waals surface area contributed by atoms with Crippen LogP contribution in [0.4, 0.5) is 15.8 Å². The molecular formula is C13H16BrFN2O.